The van der Waals surface area contributed by atoms with E-state index in [1.54, 1.807) is 6.20 Å². The van der Waals surface area contributed by atoms with Crippen molar-refractivity contribution >= 4 is 5.91 Å². The highest BCUT2D eigenvalue weighted by Gasteiger charge is 2.02. The molecule has 1 N–H and O–H groups in total. The Labute approximate surface area is 125 Å². The van der Waals surface area contributed by atoms with Crippen LogP contribution in [0.2, 0.25) is 0 Å². The van der Waals surface area contributed by atoms with Gasteiger partial charge in [-0.15, -0.1) is 0 Å². The molecule has 2 rings (SSSR count). The molecule has 0 aliphatic carbocycles. The van der Waals surface area contributed by atoms with E-state index in [2.05, 4.69) is 17.2 Å². The minimum Gasteiger partial charge on any atom is -0.494 e. The number of benzene rings is 1. The van der Waals surface area contributed by atoms with Gasteiger partial charge in [0.05, 0.1) is 12.3 Å². The van der Waals surface area contributed by atoms with Crippen molar-refractivity contribution in [1.29, 1.82) is 0 Å². The van der Waals surface area contributed by atoms with Gasteiger partial charge in [-0.2, -0.15) is 0 Å². The Bertz CT molecular complexity index is 594. The second-order valence-corrected chi connectivity index (χ2v) is 4.84. The minimum atomic E-state index is -0.0418. The number of hydrogen-bond donors (Lipinski definition) is 1. The van der Waals surface area contributed by atoms with Gasteiger partial charge in [-0.1, -0.05) is 25.1 Å². The summed E-state index contributed by atoms with van der Waals surface area (Å²) < 4.78 is 5.63. The van der Waals surface area contributed by atoms with E-state index in [9.17, 15) is 4.79 Å². The molecule has 21 heavy (non-hydrogen) atoms. The first-order chi connectivity index (χ1) is 10.2. The number of carbonyl (C=O) groups is 1. The van der Waals surface area contributed by atoms with Gasteiger partial charge < -0.3 is 10.1 Å². The second-order valence-electron chi connectivity index (χ2n) is 4.84. The van der Waals surface area contributed by atoms with Gasteiger partial charge in [-0.3, -0.25) is 9.78 Å². The number of pyridine rings is 1. The average Bonchev–Trinajstić information content (AvgIpc) is 2.51. The van der Waals surface area contributed by atoms with E-state index in [0.29, 0.717) is 13.2 Å². The molecule has 110 valence electrons. The van der Waals surface area contributed by atoms with E-state index in [0.717, 1.165) is 29.0 Å². The predicted molar refractivity (Wildman–Crippen MR) is 83.0 cm³/mol. The zero-order valence-corrected chi connectivity index (χ0v) is 12.4. The van der Waals surface area contributed by atoms with Crippen molar-refractivity contribution in [3.05, 3.63) is 48.2 Å². The molecule has 4 nitrogen and oxygen atoms in total. The number of aromatic nitrogens is 1. The fraction of sp³-hybridized carbons (Fsp3) is 0.294. The molecule has 1 aromatic heterocycles. The van der Waals surface area contributed by atoms with Crippen molar-refractivity contribution in [2.24, 2.45) is 0 Å². The Morgan fingerprint density at radius 1 is 1.29 bits per heavy atom. The zero-order chi connectivity index (χ0) is 15.1. The van der Waals surface area contributed by atoms with E-state index in [1.807, 2.05) is 36.4 Å². The Kier molecular flexibility index (Phi) is 5.32. The van der Waals surface area contributed by atoms with Crippen LogP contribution in [0, 0.1) is 0 Å². The number of amides is 1. The van der Waals surface area contributed by atoms with Crippen LogP contribution in [0.5, 0.6) is 5.75 Å². The first-order valence-electron chi connectivity index (χ1n) is 7.11. The molecule has 0 bridgehead atoms. The third kappa shape index (κ3) is 4.60. The number of rotatable bonds is 6. The monoisotopic (exact) mass is 284 g/mol. The third-order valence-electron chi connectivity index (χ3n) is 2.97. The predicted octanol–water partition coefficient (Wildman–Crippen LogP) is 3.17. The molecule has 0 saturated heterocycles. The molecule has 0 saturated carbocycles. The van der Waals surface area contributed by atoms with Crippen molar-refractivity contribution in [3.63, 3.8) is 0 Å². The summed E-state index contributed by atoms with van der Waals surface area (Å²) in [6.07, 6.45) is 2.77. The van der Waals surface area contributed by atoms with Crippen molar-refractivity contribution in [1.82, 2.24) is 10.3 Å². The van der Waals surface area contributed by atoms with E-state index >= 15 is 0 Å². The molecule has 4 heteroatoms. The van der Waals surface area contributed by atoms with Crippen LogP contribution in [0.4, 0.5) is 0 Å². The summed E-state index contributed by atoms with van der Waals surface area (Å²) in [5.41, 5.74) is 2.89. The summed E-state index contributed by atoms with van der Waals surface area (Å²) >= 11 is 0. The summed E-state index contributed by atoms with van der Waals surface area (Å²) in [4.78, 5) is 15.3. The summed E-state index contributed by atoms with van der Waals surface area (Å²) in [6.45, 7) is 4.80. The maximum Gasteiger partial charge on any atom is 0.217 e. The smallest absolute Gasteiger partial charge is 0.217 e. The average molecular weight is 284 g/mol. The van der Waals surface area contributed by atoms with Crippen LogP contribution >= 0.6 is 0 Å². The first kappa shape index (κ1) is 15.0. The van der Waals surface area contributed by atoms with Gasteiger partial charge in [0, 0.05) is 25.2 Å². The van der Waals surface area contributed by atoms with Gasteiger partial charge in [0.25, 0.3) is 0 Å². The van der Waals surface area contributed by atoms with Crippen LogP contribution in [-0.4, -0.2) is 17.5 Å². The van der Waals surface area contributed by atoms with Crippen LogP contribution in [0.25, 0.3) is 11.3 Å². The highest BCUT2D eigenvalue weighted by molar-refractivity contribution is 5.72. The number of carbonyl (C=O) groups excluding carboxylic acids is 1. The number of hydrogen-bond acceptors (Lipinski definition) is 3. The maximum atomic E-state index is 10.9. The van der Waals surface area contributed by atoms with E-state index in [4.69, 9.17) is 4.74 Å². The number of nitrogens with zero attached hydrogens (tertiary/aromatic N) is 1. The molecule has 0 aliphatic rings. The maximum absolute atomic E-state index is 10.9. The van der Waals surface area contributed by atoms with Crippen LogP contribution in [-0.2, 0) is 11.3 Å². The Morgan fingerprint density at radius 3 is 2.81 bits per heavy atom. The summed E-state index contributed by atoms with van der Waals surface area (Å²) in [5, 5.41) is 2.75. The molecule has 1 amide bonds. The lowest BCUT2D eigenvalue weighted by Gasteiger charge is -2.07. The van der Waals surface area contributed by atoms with Crippen molar-refractivity contribution < 1.29 is 9.53 Å². The van der Waals surface area contributed by atoms with E-state index in [-0.39, 0.29) is 5.91 Å². The van der Waals surface area contributed by atoms with Gasteiger partial charge in [-0.25, -0.2) is 0 Å². The minimum absolute atomic E-state index is 0.0418. The van der Waals surface area contributed by atoms with Crippen LogP contribution < -0.4 is 10.1 Å². The normalized spacial score (nSPS) is 10.2. The summed E-state index contributed by atoms with van der Waals surface area (Å²) in [6, 6.07) is 11.8. The first-order valence-corrected chi connectivity index (χ1v) is 7.11. The second kappa shape index (κ2) is 7.43. The Morgan fingerprint density at radius 2 is 2.14 bits per heavy atom. The molecule has 2 aromatic rings. The molecule has 0 unspecified atom stereocenters. The largest absolute Gasteiger partial charge is 0.494 e. The van der Waals surface area contributed by atoms with Crippen LogP contribution in [0.15, 0.2) is 42.6 Å². The van der Waals surface area contributed by atoms with Crippen molar-refractivity contribution in [2.45, 2.75) is 26.8 Å². The Hall–Kier alpha value is -2.36. The number of ether oxygens (including phenoxy) is 1. The SMILES string of the molecule is CCCOc1cccc(-c2ccc(CNC(C)=O)cn2)c1. The molecule has 0 spiro atoms. The van der Waals surface area contributed by atoms with Crippen molar-refractivity contribution in [2.75, 3.05) is 6.61 Å². The lowest BCUT2D eigenvalue weighted by molar-refractivity contribution is -0.119. The van der Waals surface area contributed by atoms with Gasteiger partial charge in [0.15, 0.2) is 0 Å². The molecular weight excluding hydrogens is 264 g/mol. The molecule has 0 fully saturated rings. The topological polar surface area (TPSA) is 51.2 Å². The molecule has 1 aromatic carbocycles. The van der Waals surface area contributed by atoms with Gasteiger partial charge in [-0.05, 0) is 30.2 Å². The lowest BCUT2D eigenvalue weighted by Crippen LogP contribution is -2.18. The van der Waals surface area contributed by atoms with Gasteiger partial charge in [0.2, 0.25) is 5.91 Å². The summed E-state index contributed by atoms with van der Waals surface area (Å²) in [5.74, 6) is 0.818. The Balaban J connectivity index is 2.09. The van der Waals surface area contributed by atoms with Gasteiger partial charge >= 0.3 is 0 Å². The quantitative estimate of drug-likeness (QED) is 0.886. The summed E-state index contributed by atoms with van der Waals surface area (Å²) in [7, 11) is 0. The molecule has 0 radical (unpaired) electrons. The fourth-order valence-electron chi connectivity index (χ4n) is 1.89. The number of nitrogens with one attached hydrogen (secondary N) is 1. The molecular formula is C17H20N2O2. The molecule has 1 heterocycles. The zero-order valence-electron chi connectivity index (χ0n) is 12.4. The molecule has 0 aliphatic heterocycles. The van der Waals surface area contributed by atoms with Gasteiger partial charge in [0.1, 0.15) is 5.75 Å². The third-order valence-corrected chi connectivity index (χ3v) is 2.97. The molecule has 0 atom stereocenters. The van der Waals surface area contributed by atoms with Crippen LogP contribution in [0.3, 0.4) is 0 Å². The van der Waals surface area contributed by atoms with Crippen molar-refractivity contribution in [3.8, 4) is 17.0 Å². The standard InChI is InChI=1S/C17H20N2O2/c1-3-9-21-16-6-4-5-15(10-16)17-8-7-14(12-19-17)11-18-13(2)20/h4-8,10,12H,3,9,11H2,1-2H3,(H,18,20). The van der Waals surface area contributed by atoms with E-state index < -0.39 is 0 Å². The van der Waals surface area contributed by atoms with E-state index in [1.165, 1.54) is 6.92 Å². The highest BCUT2D eigenvalue weighted by atomic mass is 16.5. The fourth-order valence-corrected chi connectivity index (χ4v) is 1.89. The van der Waals surface area contributed by atoms with Crippen LogP contribution in [0.1, 0.15) is 25.8 Å². The highest BCUT2D eigenvalue weighted by Crippen LogP contribution is 2.22. The lowest BCUT2D eigenvalue weighted by atomic mass is 10.1.